The molecule has 1 aromatic carbocycles. The Morgan fingerprint density at radius 2 is 1.68 bits per heavy atom. The number of carbonyl (C=O) groups is 3. The molecular formula is C46H59N3O8. The van der Waals surface area contributed by atoms with Crippen LogP contribution in [-0.4, -0.2) is 78.5 Å². The lowest BCUT2D eigenvalue weighted by atomic mass is 9.35. The SMILES string of the molecule is C[C@H](O)C/C(=C\[C@@H](O)[C@@H]1[C@@H](N=C(N)N)C=C[C@@]2(C[C@@]3(O)C=C[C@]4(O)C5=C(C(=O)C[C@@]2(C)[C@]53C)[C@@]2(C)CCC(=O)C(C)(C)[C@H]2[C@@H]4/C=C/c2ccccc2)[C@@H]1C)C(=O)O. The number of carboxylic acid groups (broad SMARTS) is 1. The smallest absolute Gasteiger partial charge is 0.331 e. The maximum atomic E-state index is 15.4. The number of aliphatic hydroxyl groups excluding tert-OH is 2. The zero-order valence-corrected chi connectivity index (χ0v) is 34.1. The topological polar surface area (TPSA) is 217 Å². The number of nitrogens with two attached hydrogens (primary N) is 2. The molecule has 13 atom stereocenters. The highest BCUT2D eigenvalue weighted by atomic mass is 16.4. The minimum Gasteiger partial charge on any atom is -0.478 e. The molecule has 0 saturated heterocycles. The van der Waals surface area contributed by atoms with Gasteiger partial charge < -0.3 is 37.0 Å². The summed E-state index contributed by atoms with van der Waals surface area (Å²) < 4.78 is 0. The van der Waals surface area contributed by atoms with Crippen LogP contribution in [0, 0.1) is 50.7 Å². The van der Waals surface area contributed by atoms with E-state index in [0.29, 0.717) is 17.6 Å². The third kappa shape index (κ3) is 5.44. The first-order valence-electron chi connectivity index (χ1n) is 20.2. The number of carbonyl (C=O) groups excluding carboxylic acids is 2. The molecule has 0 aromatic heterocycles. The van der Waals surface area contributed by atoms with E-state index in [9.17, 15) is 35.1 Å². The largest absolute Gasteiger partial charge is 0.478 e. The van der Waals surface area contributed by atoms with Gasteiger partial charge in [0.2, 0.25) is 0 Å². The van der Waals surface area contributed by atoms with Gasteiger partial charge in [0.15, 0.2) is 11.7 Å². The van der Waals surface area contributed by atoms with Gasteiger partial charge in [-0.05, 0) is 60.3 Å². The van der Waals surface area contributed by atoms with Crippen LogP contribution < -0.4 is 11.5 Å². The van der Waals surface area contributed by atoms with Gasteiger partial charge in [0, 0.05) is 63.9 Å². The number of hydrogen-bond donors (Lipinski definition) is 7. The number of ketones is 2. The van der Waals surface area contributed by atoms with Crippen molar-refractivity contribution in [3.05, 3.63) is 89.1 Å². The molecule has 0 unspecified atom stereocenters. The Labute approximate surface area is 335 Å². The fourth-order valence-corrected chi connectivity index (χ4v) is 13.4. The second-order valence-corrected chi connectivity index (χ2v) is 19.3. The molecule has 6 aliphatic carbocycles. The number of fused-ring (bicyclic) bond motifs is 3. The van der Waals surface area contributed by atoms with Crippen LogP contribution >= 0.6 is 0 Å². The maximum absolute atomic E-state index is 15.4. The molecule has 0 amide bonds. The number of aliphatic carboxylic acids is 1. The summed E-state index contributed by atoms with van der Waals surface area (Å²) in [4.78, 5) is 45.9. The van der Waals surface area contributed by atoms with Gasteiger partial charge in [-0.3, -0.25) is 9.59 Å². The van der Waals surface area contributed by atoms with E-state index < -0.39 is 86.2 Å². The molecule has 2 fully saturated rings. The fourth-order valence-electron chi connectivity index (χ4n) is 13.4. The summed E-state index contributed by atoms with van der Waals surface area (Å²) in [6, 6.07) is 8.96. The van der Waals surface area contributed by atoms with E-state index in [4.69, 9.17) is 11.5 Å². The normalized spacial score (nSPS) is 42.9. The molecule has 11 heteroatoms. The Bertz CT molecular complexity index is 2080. The van der Waals surface area contributed by atoms with Crippen molar-refractivity contribution in [2.24, 2.45) is 67.2 Å². The van der Waals surface area contributed by atoms with E-state index in [2.05, 4.69) is 11.9 Å². The van der Waals surface area contributed by atoms with E-state index >= 15 is 4.79 Å². The van der Waals surface area contributed by atoms with Crippen LogP contribution in [0.2, 0.25) is 0 Å². The van der Waals surface area contributed by atoms with Crippen LogP contribution in [0.1, 0.15) is 86.1 Å². The first kappa shape index (κ1) is 41.0. The third-order valence-electron chi connectivity index (χ3n) is 16.1. The molecule has 57 heavy (non-hydrogen) atoms. The van der Waals surface area contributed by atoms with Gasteiger partial charge in [-0.25, -0.2) is 9.79 Å². The van der Waals surface area contributed by atoms with E-state index in [-0.39, 0.29) is 48.8 Å². The standard InChI is InChI=1S/C46H59N3O8/c1-25(50)21-28(38(54)55)22-31(51)34-26(2)44(18-15-30(34)49-39(47)48)24-45(56)19-20-46(57)29(14-13-27-11-9-8-10-12-27)36-40(3,4)33(53)16-17-41(36,5)35-32(52)23-42(44,6)43(45,7)37(35)46/h8-15,18-20,22,25-26,29-31,34,36,50-51,56-57H,16-17,21,23-24H2,1-7H3,(H,54,55)(H4,47,48,49)/b14-13+,28-22+/t25-,26+,29-,30-,31+,34-,36+,41+,42-,43-,44+,45-,46+/m0/s1. The second-order valence-electron chi connectivity index (χ2n) is 19.3. The van der Waals surface area contributed by atoms with Crippen molar-refractivity contribution in [3.8, 4) is 0 Å². The van der Waals surface area contributed by atoms with Crippen molar-refractivity contribution < 1.29 is 39.9 Å². The van der Waals surface area contributed by atoms with E-state index in [1.165, 1.54) is 13.0 Å². The van der Waals surface area contributed by atoms with E-state index in [0.717, 1.165) is 5.56 Å². The van der Waals surface area contributed by atoms with Crippen molar-refractivity contribution in [1.29, 1.82) is 0 Å². The number of benzene rings is 1. The molecule has 0 radical (unpaired) electrons. The van der Waals surface area contributed by atoms with Gasteiger partial charge >= 0.3 is 5.97 Å². The number of rotatable bonds is 8. The molecule has 2 saturated carbocycles. The number of hydrogen-bond acceptors (Lipinski definition) is 8. The maximum Gasteiger partial charge on any atom is 0.331 e. The molecule has 1 spiro atoms. The number of aliphatic hydroxyl groups is 4. The van der Waals surface area contributed by atoms with Crippen LogP contribution in [0.4, 0.5) is 0 Å². The summed E-state index contributed by atoms with van der Waals surface area (Å²) in [5.74, 6) is -4.06. The lowest BCUT2D eigenvalue weighted by Gasteiger charge is -2.68. The summed E-state index contributed by atoms with van der Waals surface area (Å²) in [5, 5.41) is 59.0. The number of aliphatic imine (C=N–C) groups is 1. The molecule has 6 aliphatic rings. The average Bonchev–Trinajstić information content (AvgIpc) is 3.27. The summed E-state index contributed by atoms with van der Waals surface area (Å²) in [7, 11) is 0. The summed E-state index contributed by atoms with van der Waals surface area (Å²) >= 11 is 0. The van der Waals surface area contributed by atoms with Crippen molar-refractivity contribution in [1.82, 2.24) is 0 Å². The highest BCUT2D eigenvalue weighted by molar-refractivity contribution is 6.02. The number of nitrogens with zero attached hydrogens (tertiary/aromatic N) is 1. The minimum atomic E-state index is -1.76. The Balaban J connectivity index is 1.47. The first-order valence-corrected chi connectivity index (χ1v) is 20.2. The molecule has 9 N–H and O–H groups in total. The van der Waals surface area contributed by atoms with Crippen LogP contribution in [0.3, 0.4) is 0 Å². The van der Waals surface area contributed by atoms with Crippen LogP contribution in [-0.2, 0) is 14.4 Å². The van der Waals surface area contributed by atoms with Crippen molar-refractivity contribution in [2.75, 3.05) is 0 Å². The lowest BCUT2D eigenvalue weighted by molar-refractivity contribution is -0.164. The molecular weight excluding hydrogens is 723 g/mol. The Kier molecular flexibility index (Phi) is 9.48. The van der Waals surface area contributed by atoms with Crippen molar-refractivity contribution >= 4 is 29.6 Å². The third-order valence-corrected chi connectivity index (χ3v) is 16.1. The quantitative estimate of drug-likeness (QED) is 0.0839. The molecule has 1 aromatic rings. The molecule has 306 valence electrons. The Morgan fingerprint density at radius 3 is 2.30 bits per heavy atom. The zero-order valence-electron chi connectivity index (χ0n) is 34.1. The monoisotopic (exact) mass is 781 g/mol. The lowest BCUT2D eigenvalue weighted by Crippen LogP contribution is -2.70. The van der Waals surface area contributed by atoms with Crippen LogP contribution in [0.15, 0.2) is 88.5 Å². The average molecular weight is 782 g/mol. The van der Waals surface area contributed by atoms with Gasteiger partial charge in [0.1, 0.15) is 11.4 Å². The highest BCUT2D eigenvalue weighted by Crippen LogP contribution is 2.82. The predicted octanol–water partition coefficient (Wildman–Crippen LogP) is 4.65. The minimum absolute atomic E-state index is 0.0124. The number of Topliss-reactive ketones (excluding diaryl/α,β-unsaturated/α-hetero) is 2. The number of allylic oxidation sites excluding steroid dienone is 2. The predicted molar refractivity (Wildman–Crippen MR) is 217 cm³/mol. The molecule has 0 heterocycles. The Morgan fingerprint density at radius 1 is 1.02 bits per heavy atom. The van der Waals surface area contributed by atoms with Gasteiger partial charge in [-0.15, -0.1) is 0 Å². The number of guanidine groups is 1. The van der Waals surface area contributed by atoms with Gasteiger partial charge in [-0.1, -0.05) is 102 Å². The van der Waals surface area contributed by atoms with Crippen LogP contribution in [0.5, 0.6) is 0 Å². The number of carboxylic acids is 1. The molecule has 0 bridgehead atoms. The second kappa shape index (κ2) is 13.2. The van der Waals surface area contributed by atoms with Gasteiger partial charge in [-0.2, -0.15) is 0 Å². The van der Waals surface area contributed by atoms with Crippen molar-refractivity contribution in [2.45, 2.75) is 110 Å². The van der Waals surface area contributed by atoms with Gasteiger partial charge in [0.05, 0.1) is 23.9 Å². The van der Waals surface area contributed by atoms with E-state index in [1.807, 2.05) is 83.2 Å². The Hall–Kier alpha value is -4.16. The zero-order chi connectivity index (χ0) is 41.9. The highest BCUT2D eigenvalue weighted by Gasteiger charge is 2.82. The molecule has 11 nitrogen and oxygen atoms in total. The van der Waals surface area contributed by atoms with E-state index in [1.54, 1.807) is 18.2 Å². The fraction of sp³-hybridized carbons (Fsp3) is 0.565. The summed E-state index contributed by atoms with van der Waals surface area (Å²) in [6.45, 7) is 13.3. The summed E-state index contributed by atoms with van der Waals surface area (Å²) in [6.07, 6.45) is 10.6. The molecule has 7 rings (SSSR count). The molecule has 0 aliphatic heterocycles. The van der Waals surface area contributed by atoms with Crippen LogP contribution in [0.25, 0.3) is 6.08 Å². The van der Waals surface area contributed by atoms with Crippen molar-refractivity contribution in [3.63, 3.8) is 0 Å². The van der Waals surface area contributed by atoms with Gasteiger partial charge in [0.25, 0.3) is 0 Å². The first-order chi connectivity index (χ1) is 26.4. The summed E-state index contributed by atoms with van der Waals surface area (Å²) in [5.41, 5.74) is 5.18.